The van der Waals surface area contributed by atoms with Crippen molar-refractivity contribution in [2.24, 2.45) is 5.92 Å². The molecular weight excluding hydrogens is 390 g/mol. The largest absolute Gasteiger partial charge is 0.485 e. The van der Waals surface area contributed by atoms with Crippen LogP contribution < -0.4 is 15.0 Å². The van der Waals surface area contributed by atoms with Gasteiger partial charge in [0.1, 0.15) is 17.9 Å². The number of amides is 2. The summed E-state index contributed by atoms with van der Waals surface area (Å²) in [6, 6.07) is 17.0. The Labute approximate surface area is 185 Å². The number of hydrogen-bond acceptors (Lipinski definition) is 4. The standard InChI is InChI=1S/C25H33N3O3/c1-5-28-17-20(31-22-14-10-9-13-21(22)28)16-27(4)25(30)24(18(2)3)26-23(29)15-19-11-7-6-8-12-19/h6-14,18,20,24H,5,15-17H2,1-4H3,(H,26,29)/t20-,24-/m0/s1. The number of para-hydroxylation sites is 2. The zero-order valence-electron chi connectivity index (χ0n) is 18.9. The van der Waals surface area contributed by atoms with Gasteiger partial charge in [0.25, 0.3) is 0 Å². The molecule has 0 radical (unpaired) electrons. The third-order valence-electron chi connectivity index (χ3n) is 5.62. The van der Waals surface area contributed by atoms with Gasteiger partial charge < -0.3 is 19.9 Å². The minimum Gasteiger partial charge on any atom is -0.485 e. The zero-order chi connectivity index (χ0) is 22.4. The van der Waals surface area contributed by atoms with Crippen molar-refractivity contribution >= 4 is 17.5 Å². The molecule has 0 saturated heterocycles. The Hall–Kier alpha value is -3.02. The van der Waals surface area contributed by atoms with Gasteiger partial charge in [0, 0.05) is 13.6 Å². The lowest BCUT2D eigenvalue weighted by atomic mass is 10.0. The zero-order valence-corrected chi connectivity index (χ0v) is 18.9. The number of rotatable bonds is 8. The lowest BCUT2D eigenvalue weighted by Gasteiger charge is -2.37. The minimum atomic E-state index is -0.570. The molecule has 6 nitrogen and oxygen atoms in total. The van der Waals surface area contributed by atoms with E-state index in [2.05, 4.69) is 23.2 Å². The first-order valence-electron chi connectivity index (χ1n) is 11.0. The van der Waals surface area contributed by atoms with Gasteiger partial charge in [0.2, 0.25) is 11.8 Å². The lowest BCUT2D eigenvalue weighted by Crippen LogP contribution is -2.53. The Balaban J connectivity index is 1.62. The molecule has 31 heavy (non-hydrogen) atoms. The molecule has 1 N–H and O–H groups in total. The van der Waals surface area contributed by atoms with Crippen LogP contribution in [0.15, 0.2) is 54.6 Å². The van der Waals surface area contributed by atoms with Crippen molar-refractivity contribution < 1.29 is 14.3 Å². The molecule has 6 heteroatoms. The van der Waals surface area contributed by atoms with Crippen molar-refractivity contribution in [2.75, 3.05) is 31.6 Å². The molecule has 0 bridgehead atoms. The Kier molecular flexibility index (Phi) is 7.55. The van der Waals surface area contributed by atoms with E-state index in [9.17, 15) is 9.59 Å². The molecule has 0 aliphatic carbocycles. The van der Waals surface area contributed by atoms with Crippen LogP contribution >= 0.6 is 0 Å². The first-order chi connectivity index (χ1) is 14.9. The molecular formula is C25H33N3O3. The summed E-state index contributed by atoms with van der Waals surface area (Å²) in [5.74, 6) is 0.585. The third-order valence-corrected chi connectivity index (χ3v) is 5.62. The number of carbonyl (C=O) groups is 2. The number of anilines is 1. The van der Waals surface area contributed by atoms with Gasteiger partial charge in [-0.05, 0) is 30.5 Å². The lowest BCUT2D eigenvalue weighted by molar-refractivity contribution is -0.137. The number of fused-ring (bicyclic) bond motifs is 1. The molecule has 2 atom stereocenters. The third kappa shape index (κ3) is 5.78. The quantitative estimate of drug-likeness (QED) is 0.709. The Bertz CT molecular complexity index is 885. The molecule has 2 amide bonds. The van der Waals surface area contributed by atoms with Crippen molar-refractivity contribution in [3.63, 3.8) is 0 Å². The van der Waals surface area contributed by atoms with Gasteiger partial charge >= 0.3 is 0 Å². The van der Waals surface area contributed by atoms with Crippen molar-refractivity contribution in [1.29, 1.82) is 0 Å². The van der Waals surface area contributed by atoms with E-state index in [0.29, 0.717) is 6.54 Å². The highest BCUT2D eigenvalue weighted by molar-refractivity contribution is 5.88. The summed E-state index contributed by atoms with van der Waals surface area (Å²) in [7, 11) is 1.78. The van der Waals surface area contributed by atoms with E-state index in [1.54, 1.807) is 11.9 Å². The Morgan fingerprint density at radius 3 is 2.48 bits per heavy atom. The average molecular weight is 424 g/mol. The average Bonchev–Trinajstić information content (AvgIpc) is 2.76. The molecule has 0 fully saturated rings. The molecule has 1 aliphatic heterocycles. The van der Waals surface area contributed by atoms with Crippen LogP contribution in [0, 0.1) is 5.92 Å². The first-order valence-corrected chi connectivity index (χ1v) is 11.0. The van der Waals surface area contributed by atoms with Crippen molar-refractivity contribution in [2.45, 2.75) is 39.3 Å². The number of nitrogens with one attached hydrogen (secondary N) is 1. The van der Waals surface area contributed by atoms with Gasteiger partial charge in [-0.3, -0.25) is 9.59 Å². The van der Waals surface area contributed by atoms with E-state index in [4.69, 9.17) is 4.74 Å². The summed E-state index contributed by atoms with van der Waals surface area (Å²) in [6.45, 7) is 8.07. The van der Waals surface area contributed by atoms with E-state index >= 15 is 0 Å². The second kappa shape index (κ2) is 10.3. The predicted molar refractivity (Wildman–Crippen MR) is 123 cm³/mol. The van der Waals surface area contributed by atoms with E-state index in [0.717, 1.165) is 30.1 Å². The highest BCUT2D eigenvalue weighted by Crippen LogP contribution is 2.32. The van der Waals surface area contributed by atoms with Crippen LogP contribution in [0.2, 0.25) is 0 Å². The fourth-order valence-corrected chi connectivity index (χ4v) is 3.93. The van der Waals surface area contributed by atoms with E-state index < -0.39 is 6.04 Å². The maximum absolute atomic E-state index is 13.2. The highest BCUT2D eigenvalue weighted by Gasteiger charge is 2.31. The summed E-state index contributed by atoms with van der Waals surface area (Å²) >= 11 is 0. The monoisotopic (exact) mass is 423 g/mol. The van der Waals surface area contributed by atoms with Gasteiger partial charge in [0.15, 0.2) is 0 Å². The van der Waals surface area contributed by atoms with Crippen LogP contribution in [0.3, 0.4) is 0 Å². The normalized spacial score (nSPS) is 16.3. The molecule has 0 unspecified atom stereocenters. The van der Waals surface area contributed by atoms with E-state index in [-0.39, 0.29) is 30.3 Å². The second-order valence-electron chi connectivity index (χ2n) is 8.42. The fraction of sp³-hybridized carbons (Fsp3) is 0.440. The van der Waals surface area contributed by atoms with Crippen LogP contribution in [-0.2, 0) is 16.0 Å². The topological polar surface area (TPSA) is 61.9 Å². The summed E-state index contributed by atoms with van der Waals surface area (Å²) < 4.78 is 6.16. The first kappa shape index (κ1) is 22.7. The van der Waals surface area contributed by atoms with Crippen molar-refractivity contribution in [3.8, 4) is 5.75 Å². The highest BCUT2D eigenvalue weighted by atomic mass is 16.5. The molecule has 0 aromatic heterocycles. The van der Waals surface area contributed by atoms with Crippen LogP contribution in [0.5, 0.6) is 5.75 Å². The SMILES string of the molecule is CCN1C[C@H](CN(C)C(=O)[C@@H](NC(=O)Cc2ccccc2)C(C)C)Oc2ccccc21. The molecule has 0 spiro atoms. The van der Waals surface area contributed by atoms with E-state index in [1.807, 2.05) is 62.4 Å². The van der Waals surface area contributed by atoms with Gasteiger partial charge in [0.05, 0.1) is 25.2 Å². The molecule has 0 saturated carbocycles. The summed E-state index contributed by atoms with van der Waals surface area (Å²) in [6.07, 6.45) is 0.131. The van der Waals surface area contributed by atoms with Gasteiger partial charge in [-0.2, -0.15) is 0 Å². The van der Waals surface area contributed by atoms with Crippen LogP contribution in [0.1, 0.15) is 26.3 Å². The van der Waals surface area contributed by atoms with Crippen LogP contribution in [0.4, 0.5) is 5.69 Å². The smallest absolute Gasteiger partial charge is 0.245 e. The maximum atomic E-state index is 13.2. The molecule has 2 aromatic carbocycles. The summed E-state index contributed by atoms with van der Waals surface area (Å²) in [5, 5.41) is 2.94. The number of nitrogens with zero attached hydrogens (tertiary/aromatic N) is 2. The Morgan fingerprint density at radius 1 is 1.13 bits per heavy atom. The van der Waals surface area contributed by atoms with Crippen LogP contribution in [-0.4, -0.2) is 55.5 Å². The Morgan fingerprint density at radius 2 is 1.81 bits per heavy atom. The molecule has 2 aromatic rings. The molecule has 1 heterocycles. The predicted octanol–water partition coefficient (Wildman–Crippen LogP) is 3.12. The molecule has 166 valence electrons. The van der Waals surface area contributed by atoms with E-state index in [1.165, 1.54) is 0 Å². The van der Waals surface area contributed by atoms with Crippen LogP contribution in [0.25, 0.3) is 0 Å². The van der Waals surface area contributed by atoms with Crippen molar-refractivity contribution in [3.05, 3.63) is 60.2 Å². The number of hydrogen-bond donors (Lipinski definition) is 1. The fourth-order valence-electron chi connectivity index (χ4n) is 3.93. The molecule has 1 aliphatic rings. The van der Waals surface area contributed by atoms with Gasteiger partial charge in [-0.15, -0.1) is 0 Å². The maximum Gasteiger partial charge on any atom is 0.245 e. The van der Waals surface area contributed by atoms with Gasteiger partial charge in [-0.1, -0.05) is 56.3 Å². The van der Waals surface area contributed by atoms with Gasteiger partial charge in [-0.25, -0.2) is 0 Å². The van der Waals surface area contributed by atoms with Crippen molar-refractivity contribution in [1.82, 2.24) is 10.2 Å². The summed E-state index contributed by atoms with van der Waals surface area (Å²) in [5.41, 5.74) is 2.01. The number of ether oxygens (including phenoxy) is 1. The number of benzene rings is 2. The minimum absolute atomic E-state index is 0.0187. The second-order valence-corrected chi connectivity index (χ2v) is 8.42. The number of likely N-dealkylation sites (N-methyl/N-ethyl adjacent to an activating group) is 2. The summed E-state index contributed by atoms with van der Waals surface area (Å²) in [4.78, 5) is 29.7. The number of carbonyl (C=O) groups excluding carboxylic acids is 2. The molecule has 3 rings (SSSR count).